The normalized spacial score (nSPS) is 11.9. The number of hydrogen-bond donors (Lipinski definition) is 2. The van der Waals surface area contributed by atoms with Crippen LogP contribution in [-0.4, -0.2) is 10.9 Å². The van der Waals surface area contributed by atoms with Gasteiger partial charge in [-0.3, -0.25) is 9.78 Å². The molecule has 0 radical (unpaired) electrons. The molecule has 1 amide bonds. The van der Waals surface area contributed by atoms with Gasteiger partial charge in [-0.2, -0.15) is 0 Å². The topological polar surface area (TPSA) is 67.2 Å². The molecule has 2 heterocycles. The third kappa shape index (κ3) is 4.58. The molecular formula is C21H23N3O2. The van der Waals surface area contributed by atoms with Crippen LogP contribution in [0.3, 0.4) is 0 Å². The largest absolute Gasteiger partial charge is 0.464 e. The van der Waals surface area contributed by atoms with E-state index in [1.165, 1.54) is 0 Å². The first-order chi connectivity index (χ1) is 12.7. The van der Waals surface area contributed by atoms with Gasteiger partial charge in [-0.05, 0) is 48.9 Å². The second kappa shape index (κ2) is 8.45. The van der Waals surface area contributed by atoms with Crippen LogP contribution in [0.4, 0.5) is 5.69 Å². The molecule has 1 aromatic carbocycles. The second-order valence-electron chi connectivity index (χ2n) is 6.15. The van der Waals surface area contributed by atoms with E-state index >= 15 is 0 Å². The molecule has 0 spiro atoms. The Bertz CT molecular complexity index is 841. The van der Waals surface area contributed by atoms with E-state index in [9.17, 15) is 4.79 Å². The van der Waals surface area contributed by atoms with Gasteiger partial charge in [0.05, 0.1) is 11.6 Å². The number of carbonyl (C=O) groups excluding carboxylic acids is 1. The minimum absolute atomic E-state index is 0.139. The van der Waals surface area contributed by atoms with Crippen molar-refractivity contribution in [2.45, 2.75) is 32.9 Å². The third-order valence-corrected chi connectivity index (χ3v) is 4.21. The first-order valence-electron chi connectivity index (χ1n) is 8.78. The highest BCUT2D eigenvalue weighted by atomic mass is 16.3. The molecule has 2 N–H and O–H groups in total. The molecule has 0 fully saturated rings. The van der Waals surface area contributed by atoms with E-state index < -0.39 is 0 Å². The average molecular weight is 349 g/mol. The van der Waals surface area contributed by atoms with Crippen LogP contribution < -0.4 is 10.6 Å². The van der Waals surface area contributed by atoms with Crippen LogP contribution in [0, 0.1) is 0 Å². The predicted octanol–water partition coefficient (Wildman–Crippen LogP) is 4.34. The molecule has 0 unspecified atom stereocenters. The molecule has 1 atom stereocenters. The standard InChI is InChI=1S/C21H23N3O2/c1-3-19-10-11-20(26-19)15(2)23-13-16-6-8-18(9-7-16)24-21(25)17-5-4-12-22-14-17/h4-12,14-15,23H,3,13H2,1-2H3,(H,24,25)/t15-/m1/s1. The van der Waals surface area contributed by atoms with E-state index in [1.807, 2.05) is 36.4 Å². The lowest BCUT2D eigenvalue weighted by Crippen LogP contribution is -2.17. The Morgan fingerprint density at radius 2 is 1.96 bits per heavy atom. The highest BCUT2D eigenvalue weighted by Gasteiger charge is 2.10. The van der Waals surface area contributed by atoms with Crippen molar-refractivity contribution in [1.82, 2.24) is 10.3 Å². The Hall–Kier alpha value is -2.92. The van der Waals surface area contributed by atoms with Crippen LogP contribution >= 0.6 is 0 Å². The summed E-state index contributed by atoms with van der Waals surface area (Å²) in [4.78, 5) is 16.1. The molecule has 3 aromatic rings. The molecule has 0 aliphatic carbocycles. The highest BCUT2D eigenvalue weighted by Crippen LogP contribution is 2.18. The van der Waals surface area contributed by atoms with E-state index in [0.29, 0.717) is 5.56 Å². The average Bonchev–Trinajstić information content (AvgIpc) is 3.17. The van der Waals surface area contributed by atoms with E-state index in [1.54, 1.807) is 24.5 Å². The van der Waals surface area contributed by atoms with Gasteiger partial charge in [-0.15, -0.1) is 0 Å². The highest BCUT2D eigenvalue weighted by molar-refractivity contribution is 6.03. The third-order valence-electron chi connectivity index (χ3n) is 4.21. The number of furan rings is 1. The first-order valence-corrected chi connectivity index (χ1v) is 8.78. The molecule has 3 rings (SSSR count). The monoisotopic (exact) mass is 349 g/mol. The molecule has 0 saturated heterocycles. The van der Waals surface area contributed by atoms with Crippen molar-refractivity contribution < 1.29 is 9.21 Å². The number of nitrogens with zero attached hydrogens (tertiary/aromatic N) is 1. The molecular weight excluding hydrogens is 326 g/mol. The van der Waals surface area contributed by atoms with Crippen LogP contribution in [0.2, 0.25) is 0 Å². The van der Waals surface area contributed by atoms with Gasteiger partial charge in [0.25, 0.3) is 5.91 Å². The number of benzene rings is 1. The SMILES string of the molecule is CCc1ccc([C@@H](C)NCc2ccc(NC(=O)c3cccnc3)cc2)o1. The Kier molecular flexibility index (Phi) is 5.81. The summed E-state index contributed by atoms with van der Waals surface area (Å²) in [5, 5.41) is 6.32. The summed E-state index contributed by atoms with van der Waals surface area (Å²) in [7, 11) is 0. The van der Waals surface area contributed by atoms with Crippen molar-refractivity contribution in [3.05, 3.63) is 83.6 Å². The fourth-order valence-corrected chi connectivity index (χ4v) is 2.60. The zero-order valence-electron chi connectivity index (χ0n) is 15.0. The smallest absolute Gasteiger partial charge is 0.257 e. The lowest BCUT2D eigenvalue weighted by atomic mass is 10.1. The number of pyridine rings is 1. The summed E-state index contributed by atoms with van der Waals surface area (Å²) < 4.78 is 5.77. The zero-order chi connectivity index (χ0) is 18.4. The molecule has 0 bridgehead atoms. The number of carbonyl (C=O) groups is 1. The van der Waals surface area contributed by atoms with Crippen molar-refractivity contribution in [3.63, 3.8) is 0 Å². The number of hydrogen-bond acceptors (Lipinski definition) is 4. The first kappa shape index (κ1) is 17.9. The summed E-state index contributed by atoms with van der Waals surface area (Å²) in [5.41, 5.74) is 2.43. The van der Waals surface area contributed by atoms with Crippen molar-refractivity contribution in [2.75, 3.05) is 5.32 Å². The van der Waals surface area contributed by atoms with E-state index in [2.05, 4.69) is 29.5 Å². The van der Waals surface area contributed by atoms with E-state index in [0.717, 1.165) is 35.7 Å². The van der Waals surface area contributed by atoms with Gasteiger partial charge in [0.15, 0.2) is 0 Å². The number of aryl methyl sites for hydroxylation is 1. The van der Waals surface area contributed by atoms with Gasteiger partial charge in [0, 0.05) is 31.0 Å². The molecule has 0 aliphatic heterocycles. The van der Waals surface area contributed by atoms with Crippen molar-refractivity contribution in [3.8, 4) is 0 Å². The quantitative estimate of drug-likeness (QED) is 0.666. The number of anilines is 1. The maximum Gasteiger partial charge on any atom is 0.257 e. The molecule has 5 nitrogen and oxygen atoms in total. The zero-order valence-corrected chi connectivity index (χ0v) is 15.0. The van der Waals surface area contributed by atoms with Gasteiger partial charge in [0.1, 0.15) is 11.5 Å². The van der Waals surface area contributed by atoms with Crippen LogP contribution in [0.1, 0.15) is 47.3 Å². The lowest BCUT2D eigenvalue weighted by Gasteiger charge is -2.12. The number of nitrogens with one attached hydrogen (secondary N) is 2. The summed E-state index contributed by atoms with van der Waals surface area (Å²) >= 11 is 0. The molecule has 0 aliphatic rings. The van der Waals surface area contributed by atoms with Crippen molar-refractivity contribution in [1.29, 1.82) is 0 Å². The number of amides is 1. The van der Waals surface area contributed by atoms with Crippen LogP contribution in [0.25, 0.3) is 0 Å². The number of aromatic nitrogens is 1. The molecule has 26 heavy (non-hydrogen) atoms. The van der Waals surface area contributed by atoms with Gasteiger partial charge in [0.2, 0.25) is 0 Å². The van der Waals surface area contributed by atoms with E-state index in [4.69, 9.17) is 4.42 Å². The van der Waals surface area contributed by atoms with Crippen molar-refractivity contribution in [2.24, 2.45) is 0 Å². The van der Waals surface area contributed by atoms with Gasteiger partial charge < -0.3 is 15.1 Å². The second-order valence-corrected chi connectivity index (χ2v) is 6.15. The van der Waals surface area contributed by atoms with Crippen LogP contribution in [0.15, 0.2) is 65.3 Å². The van der Waals surface area contributed by atoms with Crippen LogP contribution in [0.5, 0.6) is 0 Å². The summed E-state index contributed by atoms with van der Waals surface area (Å²) in [6, 6.07) is 15.5. The maximum atomic E-state index is 12.1. The summed E-state index contributed by atoms with van der Waals surface area (Å²) in [6.45, 7) is 4.89. The fourth-order valence-electron chi connectivity index (χ4n) is 2.60. The Morgan fingerprint density at radius 3 is 2.62 bits per heavy atom. The van der Waals surface area contributed by atoms with E-state index in [-0.39, 0.29) is 11.9 Å². The Labute approximate surface area is 153 Å². The van der Waals surface area contributed by atoms with Crippen molar-refractivity contribution >= 4 is 11.6 Å². The predicted molar refractivity (Wildman–Crippen MR) is 102 cm³/mol. The Balaban J connectivity index is 1.53. The van der Waals surface area contributed by atoms with Gasteiger partial charge >= 0.3 is 0 Å². The summed E-state index contributed by atoms with van der Waals surface area (Å²) in [6.07, 6.45) is 4.10. The fraction of sp³-hybridized carbons (Fsp3) is 0.238. The Morgan fingerprint density at radius 1 is 1.15 bits per heavy atom. The van der Waals surface area contributed by atoms with Crippen LogP contribution in [-0.2, 0) is 13.0 Å². The van der Waals surface area contributed by atoms with Gasteiger partial charge in [-0.1, -0.05) is 19.1 Å². The molecule has 134 valence electrons. The minimum Gasteiger partial charge on any atom is -0.464 e. The van der Waals surface area contributed by atoms with Gasteiger partial charge in [-0.25, -0.2) is 0 Å². The molecule has 0 saturated carbocycles. The summed E-state index contributed by atoms with van der Waals surface area (Å²) in [5.74, 6) is 1.78. The maximum absolute atomic E-state index is 12.1. The molecule has 5 heteroatoms. The molecule has 2 aromatic heterocycles. The number of rotatable bonds is 7. The lowest BCUT2D eigenvalue weighted by molar-refractivity contribution is 0.102. The minimum atomic E-state index is -0.165.